The molecule has 1 aromatic carbocycles. The normalized spacial score (nSPS) is 10.2. The molecule has 1 unspecified atom stereocenters. The van der Waals surface area contributed by atoms with Crippen molar-refractivity contribution in [2.45, 2.75) is 39.5 Å². The third kappa shape index (κ3) is 2.72. The van der Waals surface area contributed by atoms with Gasteiger partial charge in [-0.25, -0.2) is 0 Å². The first kappa shape index (κ1) is 11.5. The lowest BCUT2D eigenvalue weighted by Gasteiger charge is -2.12. The van der Waals surface area contributed by atoms with Gasteiger partial charge in [0, 0.05) is 0 Å². The molecule has 0 spiro atoms. The van der Waals surface area contributed by atoms with Crippen LogP contribution >= 0.6 is 9.47 Å². The van der Waals surface area contributed by atoms with Gasteiger partial charge in [-0.1, -0.05) is 38.8 Å². The van der Waals surface area contributed by atoms with Gasteiger partial charge in [-0.15, -0.1) is 0 Å². The molecule has 0 aromatic heterocycles. The maximum atomic E-state index is 5.30. The molecule has 0 saturated carbocycles. The summed E-state index contributed by atoms with van der Waals surface area (Å²) < 4.78 is 5.30. The van der Waals surface area contributed by atoms with Crippen LogP contribution < -0.4 is 4.52 Å². The molecule has 0 aliphatic carbocycles. The van der Waals surface area contributed by atoms with Crippen LogP contribution in [0.1, 0.15) is 37.8 Å². The van der Waals surface area contributed by atoms with E-state index in [4.69, 9.17) is 4.52 Å². The quantitative estimate of drug-likeness (QED) is 0.672. The maximum absolute atomic E-state index is 5.30. The van der Waals surface area contributed by atoms with E-state index in [0.717, 1.165) is 18.6 Å². The average Bonchev–Trinajstić information content (AvgIpc) is 2.21. The molecule has 0 saturated heterocycles. The zero-order valence-electron chi connectivity index (χ0n) is 9.05. The van der Waals surface area contributed by atoms with Crippen LogP contribution in [0.5, 0.6) is 5.75 Å². The van der Waals surface area contributed by atoms with Gasteiger partial charge in [0.15, 0.2) is 0 Å². The lowest BCUT2D eigenvalue weighted by atomic mass is 9.99. The van der Waals surface area contributed by atoms with E-state index in [1.165, 1.54) is 24.0 Å². The molecule has 1 atom stereocenters. The standard InChI is InChI=1S/C12H19OP/c1-3-6-10-8-5-9-12(13-14)11(10)7-4-2/h5,8-9H,3-4,6-7,14H2,1-2H3. The highest BCUT2D eigenvalue weighted by Gasteiger charge is 2.06. The third-order valence-electron chi connectivity index (χ3n) is 2.38. The van der Waals surface area contributed by atoms with Crippen LogP contribution in [0.4, 0.5) is 0 Å². The molecule has 1 rings (SSSR count). The van der Waals surface area contributed by atoms with E-state index >= 15 is 0 Å². The van der Waals surface area contributed by atoms with Crippen molar-refractivity contribution in [2.75, 3.05) is 0 Å². The molecule has 0 heterocycles. The van der Waals surface area contributed by atoms with Crippen LogP contribution in [0.15, 0.2) is 18.2 Å². The van der Waals surface area contributed by atoms with E-state index in [1.54, 1.807) is 0 Å². The van der Waals surface area contributed by atoms with Gasteiger partial charge >= 0.3 is 0 Å². The Morgan fingerprint density at radius 3 is 2.43 bits per heavy atom. The summed E-state index contributed by atoms with van der Waals surface area (Å²) in [7, 11) is 2.34. The number of benzene rings is 1. The Balaban J connectivity index is 3.00. The van der Waals surface area contributed by atoms with Crippen LogP contribution in [0, 0.1) is 0 Å². The monoisotopic (exact) mass is 210 g/mol. The Morgan fingerprint density at radius 1 is 1.14 bits per heavy atom. The molecule has 1 nitrogen and oxygen atoms in total. The zero-order chi connectivity index (χ0) is 10.4. The Morgan fingerprint density at radius 2 is 1.86 bits per heavy atom. The van der Waals surface area contributed by atoms with E-state index in [1.807, 2.05) is 6.07 Å². The Bertz CT molecular complexity index is 284. The summed E-state index contributed by atoms with van der Waals surface area (Å²) in [6.45, 7) is 4.42. The number of rotatable bonds is 5. The maximum Gasteiger partial charge on any atom is 0.125 e. The molecule has 0 fully saturated rings. The summed E-state index contributed by atoms with van der Waals surface area (Å²) in [5.74, 6) is 1.02. The second kappa shape index (κ2) is 6.03. The first-order valence-electron chi connectivity index (χ1n) is 5.31. The lowest BCUT2D eigenvalue weighted by molar-refractivity contribution is 0.627. The summed E-state index contributed by atoms with van der Waals surface area (Å²) in [6.07, 6.45) is 4.62. The summed E-state index contributed by atoms with van der Waals surface area (Å²) >= 11 is 0. The molecule has 0 bridgehead atoms. The van der Waals surface area contributed by atoms with Gasteiger partial charge in [-0.2, -0.15) is 0 Å². The van der Waals surface area contributed by atoms with Gasteiger partial charge in [0.1, 0.15) is 5.75 Å². The summed E-state index contributed by atoms with van der Waals surface area (Å²) in [4.78, 5) is 0. The SMILES string of the molecule is CCCc1cccc(OP)c1CCC. The van der Waals surface area contributed by atoms with Crippen LogP contribution in [0.25, 0.3) is 0 Å². The van der Waals surface area contributed by atoms with Gasteiger partial charge in [-0.05, 0) is 30.0 Å². The second-order valence-electron chi connectivity index (χ2n) is 3.51. The molecule has 0 N–H and O–H groups in total. The van der Waals surface area contributed by atoms with Crippen LogP contribution in [0.3, 0.4) is 0 Å². The smallest absolute Gasteiger partial charge is 0.125 e. The first-order chi connectivity index (χ1) is 6.83. The van der Waals surface area contributed by atoms with E-state index < -0.39 is 0 Å². The largest absolute Gasteiger partial charge is 0.480 e. The van der Waals surface area contributed by atoms with E-state index in [0.29, 0.717) is 0 Å². The van der Waals surface area contributed by atoms with Gasteiger partial charge in [-0.3, -0.25) is 0 Å². The van der Waals surface area contributed by atoms with Gasteiger partial charge in [0.2, 0.25) is 0 Å². The van der Waals surface area contributed by atoms with Crippen molar-refractivity contribution in [3.8, 4) is 5.75 Å². The molecule has 0 aliphatic rings. The van der Waals surface area contributed by atoms with Crippen LogP contribution in [-0.2, 0) is 12.8 Å². The number of aryl methyl sites for hydroxylation is 1. The summed E-state index contributed by atoms with van der Waals surface area (Å²) in [5.41, 5.74) is 2.82. The van der Waals surface area contributed by atoms with Crippen LogP contribution in [-0.4, -0.2) is 0 Å². The lowest BCUT2D eigenvalue weighted by Crippen LogP contribution is -1.96. The van der Waals surface area contributed by atoms with Crippen LogP contribution in [0.2, 0.25) is 0 Å². The van der Waals surface area contributed by atoms with E-state index in [2.05, 4.69) is 35.4 Å². The predicted octanol–water partition coefficient (Wildman–Crippen LogP) is 3.76. The molecule has 0 radical (unpaired) electrons. The van der Waals surface area contributed by atoms with Crippen molar-refractivity contribution in [2.24, 2.45) is 0 Å². The third-order valence-corrected chi connectivity index (χ3v) is 2.63. The summed E-state index contributed by atoms with van der Waals surface area (Å²) in [5, 5.41) is 0. The van der Waals surface area contributed by atoms with Crippen molar-refractivity contribution in [3.63, 3.8) is 0 Å². The van der Waals surface area contributed by atoms with Crippen molar-refractivity contribution in [1.29, 1.82) is 0 Å². The molecule has 0 amide bonds. The van der Waals surface area contributed by atoms with Crippen molar-refractivity contribution >= 4 is 9.47 Å². The predicted molar refractivity (Wildman–Crippen MR) is 64.8 cm³/mol. The van der Waals surface area contributed by atoms with Crippen molar-refractivity contribution < 1.29 is 4.52 Å². The van der Waals surface area contributed by atoms with Gasteiger partial charge < -0.3 is 4.52 Å². The fourth-order valence-electron chi connectivity index (χ4n) is 1.76. The molecule has 1 aromatic rings. The van der Waals surface area contributed by atoms with Gasteiger partial charge in [0.25, 0.3) is 0 Å². The highest BCUT2D eigenvalue weighted by molar-refractivity contribution is 7.10. The molecule has 14 heavy (non-hydrogen) atoms. The second-order valence-corrected chi connectivity index (χ2v) is 3.75. The minimum absolute atomic E-state index is 1.02. The Hall–Kier alpha value is -0.550. The first-order valence-corrected chi connectivity index (χ1v) is 5.78. The topological polar surface area (TPSA) is 9.23 Å². The molecule has 0 aliphatic heterocycles. The molecule has 2 heteroatoms. The van der Waals surface area contributed by atoms with Gasteiger partial charge in [0.05, 0.1) is 9.47 Å². The average molecular weight is 210 g/mol. The molecular formula is C12H19OP. The Kier molecular flexibility index (Phi) is 4.97. The number of hydrogen-bond donors (Lipinski definition) is 0. The van der Waals surface area contributed by atoms with E-state index in [-0.39, 0.29) is 0 Å². The number of hydrogen-bond acceptors (Lipinski definition) is 1. The van der Waals surface area contributed by atoms with Crippen molar-refractivity contribution in [3.05, 3.63) is 29.3 Å². The fraction of sp³-hybridized carbons (Fsp3) is 0.500. The molecule has 78 valence electrons. The fourth-order valence-corrected chi connectivity index (χ4v) is 1.98. The zero-order valence-corrected chi connectivity index (χ0v) is 10.2. The highest BCUT2D eigenvalue weighted by atomic mass is 31.0. The van der Waals surface area contributed by atoms with E-state index in [9.17, 15) is 0 Å². The minimum Gasteiger partial charge on any atom is -0.480 e. The van der Waals surface area contributed by atoms with Crippen molar-refractivity contribution in [1.82, 2.24) is 0 Å². The molecular weight excluding hydrogens is 191 g/mol. The minimum atomic E-state index is 1.02. The Labute approximate surface area is 89.2 Å². The summed E-state index contributed by atoms with van der Waals surface area (Å²) in [6, 6.07) is 6.32. The highest BCUT2D eigenvalue weighted by Crippen LogP contribution is 2.26.